The van der Waals surface area contributed by atoms with Gasteiger partial charge in [0.05, 0.1) is 17.7 Å². The summed E-state index contributed by atoms with van der Waals surface area (Å²) in [6, 6.07) is 4.49. The van der Waals surface area contributed by atoms with Crippen molar-refractivity contribution in [3.8, 4) is 11.5 Å². The molecule has 6 heteroatoms. The number of phenols is 1. The van der Waals surface area contributed by atoms with Crippen molar-refractivity contribution in [3.05, 3.63) is 23.8 Å². The van der Waals surface area contributed by atoms with Crippen molar-refractivity contribution in [2.24, 2.45) is 5.73 Å². The molecule has 98 valence electrons. The lowest BCUT2D eigenvalue weighted by Gasteiger charge is -2.08. The van der Waals surface area contributed by atoms with Crippen LogP contribution in [0.5, 0.6) is 11.5 Å². The lowest BCUT2D eigenvalue weighted by molar-refractivity contribution is 0.0950. The first-order valence-corrected chi connectivity index (χ1v) is 5.89. The Balaban J connectivity index is 2.58. The summed E-state index contributed by atoms with van der Waals surface area (Å²) in [6.45, 7) is 0.451. The van der Waals surface area contributed by atoms with E-state index in [4.69, 9.17) is 22.7 Å². The predicted molar refractivity (Wildman–Crippen MR) is 73.0 cm³/mol. The van der Waals surface area contributed by atoms with Crippen LogP contribution in [-0.2, 0) is 0 Å². The van der Waals surface area contributed by atoms with Crippen LogP contribution in [0.2, 0.25) is 0 Å². The summed E-state index contributed by atoms with van der Waals surface area (Å²) >= 11 is 4.73. The number of thiocarbonyl (C=S) groups is 1. The second-order valence-corrected chi connectivity index (χ2v) is 4.23. The van der Waals surface area contributed by atoms with Gasteiger partial charge in [-0.15, -0.1) is 0 Å². The van der Waals surface area contributed by atoms with E-state index in [0.717, 1.165) is 0 Å². The van der Waals surface area contributed by atoms with Gasteiger partial charge in [-0.1, -0.05) is 12.2 Å². The molecule has 0 aliphatic heterocycles. The Morgan fingerprint density at radius 2 is 2.28 bits per heavy atom. The molecule has 0 saturated carbocycles. The number of hydrogen-bond donors (Lipinski definition) is 3. The summed E-state index contributed by atoms with van der Waals surface area (Å²) in [6.07, 6.45) is 1.26. The van der Waals surface area contributed by atoms with Gasteiger partial charge < -0.3 is 20.9 Å². The number of methoxy groups -OCH3 is 1. The van der Waals surface area contributed by atoms with Gasteiger partial charge in [0.25, 0.3) is 5.91 Å². The second-order valence-electron chi connectivity index (χ2n) is 3.71. The van der Waals surface area contributed by atoms with Crippen LogP contribution in [0.4, 0.5) is 0 Å². The van der Waals surface area contributed by atoms with Gasteiger partial charge in [-0.3, -0.25) is 4.79 Å². The molecule has 0 bridgehead atoms. The molecule has 1 aromatic rings. The van der Waals surface area contributed by atoms with Crippen molar-refractivity contribution < 1.29 is 14.6 Å². The predicted octanol–water partition coefficient (Wildman–Crippen LogP) is 1.20. The minimum absolute atomic E-state index is 0.0809. The van der Waals surface area contributed by atoms with E-state index in [-0.39, 0.29) is 17.2 Å². The second kappa shape index (κ2) is 6.80. The van der Waals surface area contributed by atoms with Crippen LogP contribution >= 0.6 is 12.2 Å². The highest BCUT2D eigenvalue weighted by Crippen LogP contribution is 2.22. The van der Waals surface area contributed by atoms with E-state index >= 15 is 0 Å². The maximum absolute atomic E-state index is 11.8. The topological polar surface area (TPSA) is 84.6 Å². The average Bonchev–Trinajstić information content (AvgIpc) is 2.34. The van der Waals surface area contributed by atoms with Crippen molar-refractivity contribution in [3.63, 3.8) is 0 Å². The smallest absolute Gasteiger partial charge is 0.255 e. The minimum Gasteiger partial charge on any atom is -0.507 e. The summed E-state index contributed by atoms with van der Waals surface area (Å²) in [5, 5.41) is 12.3. The zero-order chi connectivity index (χ0) is 13.5. The number of rotatable bonds is 6. The fourth-order valence-corrected chi connectivity index (χ4v) is 1.53. The molecule has 18 heavy (non-hydrogen) atoms. The number of phenolic OH excluding ortho intramolecular Hbond substituents is 1. The highest BCUT2D eigenvalue weighted by atomic mass is 32.1. The third-order valence-electron chi connectivity index (χ3n) is 2.33. The summed E-state index contributed by atoms with van der Waals surface area (Å²) in [4.78, 5) is 12.2. The van der Waals surface area contributed by atoms with Crippen molar-refractivity contribution in [1.82, 2.24) is 5.32 Å². The Labute approximate surface area is 111 Å². The summed E-state index contributed by atoms with van der Waals surface area (Å²) < 4.78 is 4.99. The molecular formula is C12H16N2O3S. The first kappa shape index (κ1) is 14.2. The Morgan fingerprint density at radius 3 is 2.89 bits per heavy atom. The van der Waals surface area contributed by atoms with E-state index in [0.29, 0.717) is 30.1 Å². The van der Waals surface area contributed by atoms with Crippen LogP contribution in [0, 0.1) is 0 Å². The Bertz CT molecular complexity index is 449. The van der Waals surface area contributed by atoms with Crippen LogP contribution in [-0.4, -0.2) is 29.7 Å². The number of nitrogens with one attached hydrogen (secondary N) is 1. The molecule has 0 unspecified atom stereocenters. The molecular weight excluding hydrogens is 252 g/mol. The molecule has 0 aromatic heterocycles. The molecule has 1 rings (SSSR count). The van der Waals surface area contributed by atoms with E-state index in [2.05, 4.69) is 5.32 Å². The van der Waals surface area contributed by atoms with E-state index in [1.165, 1.54) is 19.2 Å². The van der Waals surface area contributed by atoms with Crippen molar-refractivity contribution in [2.75, 3.05) is 13.7 Å². The number of nitrogens with two attached hydrogens (primary N) is 1. The maximum atomic E-state index is 11.8. The van der Waals surface area contributed by atoms with Crippen molar-refractivity contribution in [2.45, 2.75) is 12.8 Å². The molecule has 1 aromatic carbocycles. The number of carbonyl (C=O) groups excluding carboxylic acids is 1. The molecule has 4 N–H and O–H groups in total. The number of hydrogen-bond acceptors (Lipinski definition) is 4. The zero-order valence-corrected chi connectivity index (χ0v) is 10.9. The molecule has 5 nitrogen and oxygen atoms in total. The van der Waals surface area contributed by atoms with Gasteiger partial charge in [0.2, 0.25) is 0 Å². The zero-order valence-electron chi connectivity index (χ0n) is 10.1. The molecule has 0 saturated heterocycles. The number of amides is 1. The third kappa shape index (κ3) is 4.21. The van der Waals surface area contributed by atoms with Gasteiger partial charge in [0.1, 0.15) is 11.5 Å². The fraction of sp³-hybridized carbons (Fsp3) is 0.333. The van der Waals surface area contributed by atoms with Crippen LogP contribution in [0.15, 0.2) is 18.2 Å². The minimum atomic E-state index is -0.352. The van der Waals surface area contributed by atoms with Gasteiger partial charge in [-0.25, -0.2) is 0 Å². The lowest BCUT2D eigenvalue weighted by Crippen LogP contribution is -2.25. The molecule has 0 aliphatic carbocycles. The van der Waals surface area contributed by atoms with Crippen LogP contribution in [0.1, 0.15) is 23.2 Å². The molecule has 0 radical (unpaired) electrons. The summed E-state index contributed by atoms with van der Waals surface area (Å²) in [5.74, 6) is 0.0815. The van der Waals surface area contributed by atoms with Gasteiger partial charge in [0, 0.05) is 6.54 Å². The quantitative estimate of drug-likeness (QED) is 0.533. The largest absolute Gasteiger partial charge is 0.507 e. The number of ether oxygens (including phenoxy) is 1. The van der Waals surface area contributed by atoms with Gasteiger partial charge in [-0.05, 0) is 31.0 Å². The Hall–Kier alpha value is -1.82. The van der Waals surface area contributed by atoms with Crippen molar-refractivity contribution >= 4 is 23.1 Å². The SMILES string of the molecule is COc1ccc(O)c(C(=O)NCCCC(N)=S)c1. The summed E-state index contributed by atoms with van der Waals surface area (Å²) in [5.41, 5.74) is 5.53. The van der Waals surface area contributed by atoms with Gasteiger partial charge in [0.15, 0.2) is 0 Å². The molecule has 0 heterocycles. The fourth-order valence-electron chi connectivity index (χ4n) is 1.38. The molecule has 0 aliphatic rings. The molecule has 1 amide bonds. The highest BCUT2D eigenvalue weighted by molar-refractivity contribution is 7.80. The van der Waals surface area contributed by atoms with E-state index < -0.39 is 0 Å². The Morgan fingerprint density at radius 1 is 1.56 bits per heavy atom. The molecule has 0 fully saturated rings. The van der Waals surface area contributed by atoms with Gasteiger partial charge in [-0.2, -0.15) is 0 Å². The van der Waals surface area contributed by atoms with Crippen LogP contribution < -0.4 is 15.8 Å². The van der Waals surface area contributed by atoms with Crippen molar-refractivity contribution in [1.29, 1.82) is 0 Å². The van der Waals surface area contributed by atoms with Crippen LogP contribution in [0.3, 0.4) is 0 Å². The first-order valence-electron chi connectivity index (χ1n) is 5.48. The molecule has 0 spiro atoms. The Kier molecular flexibility index (Phi) is 5.38. The number of carbonyl (C=O) groups is 1. The van der Waals surface area contributed by atoms with E-state index in [9.17, 15) is 9.90 Å². The normalized spacial score (nSPS) is 9.83. The standard InChI is InChI=1S/C12H16N2O3S/c1-17-8-4-5-10(15)9(7-8)12(16)14-6-2-3-11(13)18/h4-5,7,15H,2-3,6H2,1H3,(H2,13,18)(H,14,16). The number of benzene rings is 1. The monoisotopic (exact) mass is 268 g/mol. The average molecular weight is 268 g/mol. The van der Waals surface area contributed by atoms with Crippen LogP contribution in [0.25, 0.3) is 0 Å². The summed E-state index contributed by atoms with van der Waals surface area (Å²) in [7, 11) is 1.50. The van der Waals surface area contributed by atoms with Gasteiger partial charge >= 0.3 is 0 Å². The maximum Gasteiger partial charge on any atom is 0.255 e. The lowest BCUT2D eigenvalue weighted by atomic mass is 10.1. The molecule has 0 atom stereocenters. The first-order chi connectivity index (χ1) is 8.54. The number of aromatic hydroxyl groups is 1. The highest BCUT2D eigenvalue weighted by Gasteiger charge is 2.11. The van der Waals surface area contributed by atoms with E-state index in [1.54, 1.807) is 6.07 Å². The third-order valence-corrected chi connectivity index (χ3v) is 2.54. The van der Waals surface area contributed by atoms with E-state index in [1.807, 2.05) is 0 Å².